The molecule has 4 nitrogen and oxygen atoms in total. The van der Waals surface area contributed by atoms with Crippen molar-refractivity contribution in [3.8, 4) is 0 Å². The zero-order valence-electron chi connectivity index (χ0n) is 10.4. The second kappa shape index (κ2) is 5.20. The van der Waals surface area contributed by atoms with Crippen LogP contribution in [0.2, 0.25) is 0 Å². The van der Waals surface area contributed by atoms with E-state index in [1.165, 1.54) is 4.31 Å². The summed E-state index contributed by atoms with van der Waals surface area (Å²) >= 11 is 0. The van der Waals surface area contributed by atoms with Crippen LogP contribution in [0.1, 0.15) is 24.8 Å². The minimum Gasteiger partial charge on any atom is -0.298 e. The number of benzene rings is 1. The Balaban J connectivity index is 2.29. The molecule has 98 valence electrons. The Bertz CT molecular complexity index is 534. The number of rotatable bonds is 2. The van der Waals surface area contributed by atoms with Gasteiger partial charge in [-0.25, -0.2) is 8.42 Å². The van der Waals surface area contributed by atoms with Crippen LogP contribution in [0.3, 0.4) is 0 Å². The SMILES string of the molecule is Cc1ccc(S(=O)(=O)N2CCCCC(=O)C2)cc1. The molecule has 0 radical (unpaired) electrons. The number of nitrogens with zero attached hydrogens (tertiary/aromatic N) is 1. The monoisotopic (exact) mass is 267 g/mol. The fourth-order valence-corrected chi connectivity index (χ4v) is 3.49. The first-order valence-corrected chi connectivity index (χ1v) is 7.53. The first-order chi connectivity index (χ1) is 8.50. The quantitative estimate of drug-likeness (QED) is 0.820. The van der Waals surface area contributed by atoms with E-state index in [-0.39, 0.29) is 17.2 Å². The topological polar surface area (TPSA) is 54.5 Å². The molecule has 1 aliphatic rings. The normalized spacial score (nSPS) is 18.6. The molecule has 0 saturated carbocycles. The highest BCUT2D eigenvalue weighted by Gasteiger charge is 2.27. The first kappa shape index (κ1) is 13.2. The molecular formula is C13H17NO3S. The van der Waals surface area contributed by atoms with Gasteiger partial charge in [-0.1, -0.05) is 17.7 Å². The molecule has 1 heterocycles. The molecule has 1 aliphatic heterocycles. The average molecular weight is 267 g/mol. The standard InChI is InChI=1S/C13H17NO3S/c1-11-5-7-13(8-6-11)18(16,17)14-9-3-2-4-12(15)10-14/h5-8H,2-4,9-10H2,1H3. The molecule has 0 atom stereocenters. The van der Waals surface area contributed by atoms with E-state index < -0.39 is 10.0 Å². The molecule has 0 aromatic heterocycles. The molecule has 1 aromatic rings. The Morgan fingerprint density at radius 3 is 2.44 bits per heavy atom. The van der Waals surface area contributed by atoms with Gasteiger partial charge in [-0.05, 0) is 31.9 Å². The molecule has 0 aliphatic carbocycles. The van der Waals surface area contributed by atoms with Gasteiger partial charge >= 0.3 is 0 Å². The van der Waals surface area contributed by atoms with Gasteiger partial charge in [0, 0.05) is 13.0 Å². The van der Waals surface area contributed by atoms with Crippen LogP contribution < -0.4 is 0 Å². The van der Waals surface area contributed by atoms with Crippen LogP contribution in [0, 0.1) is 6.92 Å². The third kappa shape index (κ3) is 2.79. The number of ketones is 1. The van der Waals surface area contributed by atoms with Gasteiger partial charge in [0.15, 0.2) is 0 Å². The molecule has 0 bridgehead atoms. The van der Waals surface area contributed by atoms with E-state index in [9.17, 15) is 13.2 Å². The summed E-state index contributed by atoms with van der Waals surface area (Å²) in [6.07, 6.45) is 2.01. The summed E-state index contributed by atoms with van der Waals surface area (Å²) in [5.41, 5.74) is 1.01. The lowest BCUT2D eigenvalue weighted by atomic mass is 10.2. The molecule has 0 unspecified atom stereocenters. The number of aryl methyl sites for hydroxylation is 1. The Kier molecular flexibility index (Phi) is 3.82. The first-order valence-electron chi connectivity index (χ1n) is 6.09. The van der Waals surface area contributed by atoms with Crippen LogP contribution in [0.4, 0.5) is 0 Å². The minimum absolute atomic E-state index is 0.00295. The van der Waals surface area contributed by atoms with Gasteiger partial charge in [0.05, 0.1) is 11.4 Å². The third-order valence-electron chi connectivity index (χ3n) is 3.12. The number of hydrogen-bond donors (Lipinski definition) is 0. The zero-order chi connectivity index (χ0) is 13.2. The summed E-state index contributed by atoms with van der Waals surface area (Å²) in [5, 5.41) is 0. The minimum atomic E-state index is -3.52. The molecule has 1 saturated heterocycles. The lowest BCUT2D eigenvalue weighted by molar-refractivity contribution is -0.118. The van der Waals surface area contributed by atoms with Crippen molar-refractivity contribution in [3.63, 3.8) is 0 Å². The Labute approximate surface area is 108 Å². The molecule has 18 heavy (non-hydrogen) atoms. The van der Waals surface area contributed by atoms with Gasteiger partial charge in [0.2, 0.25) is 10.0 Å². The van der Waals surface area contributed by atoms with Gasteiger partial charge in [0.25, 0.3) is 0 Å². The number of carbonyl (C=O) groups is 1. The molecular weight excluding hydrogens is 250 g/mol. The number of carbonyl (C=O) groups excluding carboxylic acids is 1. The second-order valence-corrected chi connectivity index (χ2v) is 6.59. The van der Waals surface area contributed by atoms with E-state index in [1.54, 1.807) is 24.3 Å². The fourth-order valence-electron chi connectivity index (χ4n) is 2.03. The lowest BCUT2D eigenvalue weighted by Gasteiger charge is -2.19. The maximum atomic E-state index is 12.4. The smallest absolute Gasteiger partial charge is 0.243 e. The van der Waals surface area contributed by atoms with Crippen molar-refractivity contribution in [2.75, 3.05) is 13.1 Å². The predicted molar refractivity (Wildman–Crippen MR) is 68.8 cm³/mol. The molecule has 1 aromatic carbocycles. The summed E-state index contributed by atoms with van der Waals surface area (Å²) in [6.45, 7) is 2.35. The van der Waals surface area contributed by atoms with Crippen molar-refractivity contribution >= 4 is 15.8 Å². The van der Waals surface area contributed by atoms with Crippen molar-refractivity contribution in [1.29, 1.82) is 0 Å². The van der Waals surface area contributed by atoms with Gasteiger partial charge in [-0.3, -0.25) is 4.79 Å². The van der Waals surface area contributed by atoms with Gasteiger partial charge in [-0.2, -0.15) is 4.31 Å². The maximum Gasteiger partial charge on any atom is 0.243 e. The Morgan fingerprint density at radius 2 is 1.78 bits per heavy atom. The summed E-state index contributed by atoms with van der Waals surface area (Å²) in [5.74, 6) is 0.00295. The fraction of sp³-hybridized carbons (Fsp3) is 0.462. The summed E-state index contributed by atoms with van der Waals surface area (Å²) in [4.78, 5) is 11.8. The Hall–Kier alpha value is -1.20. The van der Waals surface area contributed by atoms with Crippen molar-refractivity contribution in [2.24, 2.45) is 0 Å². The highest BCUT2D eigenvalue weighted by atomic mass is 32.2. The van der Waals surface area contributed by atoms with Crippen LogP contribution >= 0.6 is 0 Å². The molecule has 2 rings (SSSR count). The highest BCUT2D eigenvalue weighted by Crippen LogP contribution is 2.19. The van der Waals surface area contributed by atoms with Crippen LogP contribution in [-0.2, 0) is 14.8 Å². The summed E-state index contributed by atoms with van der Waals surface area (Å²) in [6, 6.07) is 6.74. The maximum absolute atomic E-state index is 12.4. The van der Waals surface area contributed by atoms with Crippen LogP contribution in [-0.4, -0.2) is 31.6 Å². The van der Waals surface area contributed by atoms with E-state index in [1.807, 2.05) is 6.92 Å². The van der Waals surface area contributed by atoms with Crippen molar-refractivity contribution in [1.82, 2.24) is 4.31 Å². The van der Waals surface area contributed by atoms with Crippen molar-refractivity contribution < 1.29 is 13.2 Å². The van der Waals surface area contributed by atoms with E-state index >= 15 is 0 Å². The van der Waals surface area contributed by atoms with Crippen LogP contribution in [0.15, 0.2) is 29.2 Å². The summed E-state index contributed by atoms with van der Waals surface area (Å²) in [7, 11) is -3.52. The predicted octanol–water partition coefficient (Wildman–Crippen LogP) is 1.74. The molecule has 0 N–H and O–H groups in total. The van der Waals surface area contributed by atoms with E-state index in [0.717, 1.165) is 18.4 Å². The number of sulfonamides is 1. The largest absolute Gasteiger partial charge is 0.298 e. The number of Topliss-reactive ketones (excluding diaryl/α,β-unsaturated/α-hetero) is 1. The van der Waals surface area contributed by atoms with E-state index in [4.69, 9.17) is 0 Å². The van der Waals surface area contributed by atoms with Crippen LogP contribution in [0.5, 0.6) is 0 Å². The van der Waals surface area contributed by atoms with Gasteiger partial charge < -0.3 is 0 Å². The molecule has 5 heteroatoms. The van der Waals surface area contributed by atoms with Gasteiger partial charge in [-0.15, -0.1) is 0 Å². The van der Waals surface area contributed by atoms with E-state index in [0.29, 0.717) is 13.0 Å². The second-order valence-electron chi connectivity index (χ2n) is 4.65. The number of hydrogen-bond acceptors (Lipinski definition) is 3. The zero-order valence-corrected chi connectivity index (χ0v) is 11.2. The summed E-state index contributed by atoms with van der Waals surface area (Å²) < 4.78 is 26.0. The van der Waals surface area contributed by atoms with E-state index in [2.05, 4.69) is 0 Å². The Morgan fingerprint density at radius 1 is 1.11 bits per heavy atom. The third-order valence-corrected chi connectivity index (χ3v) is 4.98. The van der Waals surface area contributed by atoms with Crippen molar-refractivity contribution in [2.45, 2.75) is 31.1 Å². The molecule has 1 fully saturated rings. The molecule has 0 spiro atoms. The average Bonchev–Trinajstić information content (AvgIpc) is 2.55. The van der Waals surface area contributed by atoms with Gasteiger partial charge in [0.1, 0.15) is 5.78 Å². The van der Waals surface area contributed by atoms with Crippen LogP contribution in [0.25, 0.3) is 0 Å². The lowest BCUT2D eigenvalue weighted by Crippen LogP contribution is -2.34. The molecule has 0 amide bonds. The van der Waals surface area contributed by atoms with Crippen molar-refractivity contribution in [3.05, 3.63) is 29.8 Å². The highest BCUT2D eigenvalue weighted by molar-refractivity contribution is 7.89.